The number of rotatable bonds is 4. The predicted octanol–water partition coefficient (Wildman–Crippen LogP) is 1.89. The zero-order valence-corrected chi connectivity index (χ0v) is 9.95. The van der Waals surface area contributed by atoms with Gasteiger partial charge in [-0.15, -0.1) is 0 Å². The van der Waals surface area contributed by atoms with Gasteiger partial charge in [-0.3, -0.25) is 4.98 Å². The van der Waals surface area contributed by atoms with Gasteiger partial charge in [-0.25, -0.2) is 4.39 Å². The van der Waals surface area contributed by atoms with Crippen molar-refractivity contribution >= 4 is 5.84 Å². The van der Waals surface area contributed by atoms with E-state index in [4.69, 9.17) is 15.7 Å². The molecule has 2 aromatic rings. The maximum Gasteiger partial charge on any atom is 0.176 e. The van der Waals surface area contributed by atoms with Crippen LogP contribution >= 0.6 is 0 Å². The minimum Gasteiger partial charge on any atom is -0.486 e. The Hall–Kier alpha value is -2.63. The molecule has 19 heavy (non-hydrogen) atoms. The summed E-state index contributed by atoms with van der Waals surface area (Å²) in [5.41, 5.74) is 6.05. The normalized spacial score (nSPS) is 11.3. The zero-order valence-electron chi connectivity index (χ0n) is 9.95. The van der Waals surface area contributed by atoms with Crippen LogP contribution in [0.3, 0.4) is 0 Å². The molecule has 0 fully saturated rings. The van der Waals surface area contributed by atoms with Crippen LogP contribution in [0.1, 0.15) is 11.3 Å². The Balaban J connectivity index is 2.23. The number of hydrogen-bond donors (Lipinski definition) is 2. The number of nitrogens with two attached hydrogens (primary N) is 1. The van der Waals surface area contributed by atoms with Gasteiger partial charge in [-0.05, 0) is 24.3 Å². The van der Waals surface area contributed by atoms with Gasteiger partial charge in [0.2, 0.25) is 0 Å². The first-order valence-electron chi connectivity index (χ1n) is 5.51. The average molecular weight is 261 g/mol. The number of halogens is 1. The van der Waals surface area contributed by atoms with Crippen molar-refractivity contribution in [2.24, 2.45) is 10.9 Å². The second-order valence-corrected chi connectivity index (χ2v) is 3.71. The Morgan fingerprint density at radius 3 is 2.84 bits per heavy atom. The first-order chi connectivity index (χ1) is 9.22. The lowest BCUT2D eigenvalue weighted by atomic mass is 10.1. The van der Waals surface area contributed by atoms with Crippen LogP contribution in [0.25, 0.3) is 0 Å². The third-order valence-electron chi connectivity index (χ3n) is 2.44. The summed E-state index contributed by atoms with van der Waals surface area (Å²) in [5.74, 6) is -0.760. The second-order valence-electron chi connectivity index (χ2n) is 3.71. The van der Waals surface area contributed by atoms with E-state index in [1.807, 2.05) is 6.07 Å². The van der Waals surface area contributed by atoms with E-state index < -0.39 is 5.82 Å². The van der Waals surface area contributed by atoms with Gasteiger partial charge in [0.05, 0.1) is 11.3 Å². The van der Waals surface area contributed by atoms with Crippen molar-refractivity contribution < 1.29 is 14.3 Å². The molecule has 0 radical (unpaired) electrons. The molecule has 0 bridgehead atoms. The first-order valence-corrected chi connectivity index (χ1v) is 5.51. The summed E-state index contributed by atoms with van der Waals surface area (Å²) in [5, 5.41) is 11.4. The summed E-state index contributed by atoms with van der Waals surface area (Å²) in [6.45, 7) is 0.163. The number of hydrogen-bond acceptors (Lipinski definition) is 4. The maximum absolute atomic E-state index is 13.6. The molecule has 0 aliphatic rings. The van der Waals surface area contributed by atoms with Gasteiger partial charge in [0.25, 0.3) is 0 Å². The molecule has 0 aliphatic carbocycles. The van der Waals surface area contributed by atoms with Gasteiger partial charge in [0, 0.05) is 6.20 Å². The summed E-state index contributed by atoms with van der Waals surface area (Å²) < 4.78 is 19.1. The fraction of sp³-hybridized carbons (Fsp3) is 0.0769. The van der Waals surface area contributed by atoms with Crippen LogP contribution in [0.15, 0.2) is 47.8 Å². The highest BCUT2D eigenvalue weighted by Gasteiger charge is 2.14. The molecule has 0 saturated heterocycles. The Morgan fingerprint density at radius 2 is 2.16 bits per heavy atom. The number of oxime groups is 1. The molecule has 0 unspecified atom stereocenters. The minimum absolute atomic E-state index is 0.0686. The highest BCUT2D eigenvalue weighted by Crippen LogP contribution is 2.22. The molecule has 0 amide bonds. The van der Waals surface area contributed by atoms with E-state index >= 15 is 0 Å². The number of benzene rings is 1. The van der Waals surface area contributed by atoms with Crippen LogP contribution in [0.2, 0.25) is 0 Å². The lowest BCUT2D eigenvalue weighted by Gasteiger charge is -2.10. The Bertz CT molecular complexity index is 588. The lowest BCUT2D eigenvalue weighted by molar-refractivity contribution is 0.297. The Labute approximate surface area is 109 Å². The van der Waals surface area contributed by atoms with Crippen molar-refractivity contribution in [3.63, 3.8) is 0 Å². The number of aromatic nitrogens is 1. The molecular formula is C13H12FN3O2. The molecule has 1 heterocycles. The van der Waals surface area contributed by atoms with Crippen LogP contribution < -0.4 is 10.5 Å². The van der Waals surface area contributed by atoms with Crippen molar-refractivity contribution in [1.29, 1.82) is 0 Å². The maximum atomic E-state index is 13.6. The van der Waals surface area contributed by atoms with E-state index in [-0.39, 0.29) is 23.8 Å². The van der Waals surface area contributed by atoms with Crippen LogP contribution in [-0.2, 0) is 6.61 Å². The largest absolute Gasteiger partial charge is 0.486 e. The molecule has 98 valence electrons. The van der Waals surface area contributed by atoms with Crippen molar-refractivity contribution in [3.05, 3.63) is 59.7 Å². The van der Waals surface area contributed by atoms with E-state index in [0.717, 1.165) is 0 Å². The van der Waals surface area contributed by atoms with E-state index in [1.165, 1.54) is 12.1 Å². The quantitative estimate of drug-likeness (QED) is 0.381. The number of amidine groups is 1. The molecule has 1 aromatic heterocycles. The molecule has 0 saturated carbocycles. The Kier molecular flexibility index (Phi) is 3.92. The number of nitrogens with zero attached hydrogens (tertiary/aromatic N) is 2. The number of pyridine rings is 1. The van der Waals surface area contributed by atoms with E-state index in [0.29, 0.717) is 5.69 Å². The van der Waals surface area contributed by atoms with Gasteiger partial charge in [0.15, 0.2) is 5.84 Å². The third kappa shape index (κ3) is 2.98. The highest BCUT2D eigenvalue weighted by molar-refractivity contribution is 5.99. The summed E-state index contributed by atoms with van der Waals surface area (Å²) in [7, 11) is 0. The fourth-order valence-corrected chi connectivity index (χ4v) is 1.56. The first kappa shape index (κ1) is 12.8. The molecule has 6 heteroatoms. The molecule has 0 spiro atoms. The summed E-state index contributed by atoms with van der Waals surface area (Å²) in [6, 6.07) is 9.62. The van der Waals surface area contributed by atoms with Gasteiger partial charge < -0.3 is 15.7 Å². The molecular weight excluding hydrogens is 249 g/mol. The van der Waals surface area contributed by atoms with Gasteiger partial charge >= 0.3 is 0 Å². The molecule has 3 N–H and O–H groups in total. The fourth-order valence-electron chi connectivity index (χ4n) is 1.56. The van der Waals surface area contributed by atoms with E-state index in [1.54, 1.807) is 24.4 Å². The third-order valence-corrected chi connectivity index (χ3v) is 2.44. The van der Waals surface area contributed by atoms with Gasteiger partial charge in [-0.2, -0.15) is 0 Å². The molecule has 1 aromatic carbocycles. The van der Waals surface area contributed by atoms with Gasteiger partial charge in [0.1, 0.15) is 18.2 Å². The van der Waals surface area contributed by atoms with Crippen molar-refractivity contribution in [3.8, 4) is 5.75 Å². The standard InChI is InChI=1S/C13H12FN3O2/c14-10-5-3-6-11(12(10)13(15)17-18)19-8-9-4-1-2-7-16-9/h1-7,18H,8H2,(H2,15,17). The van der Waals surface area contributed by atoms with Crippen molar-refractivity contribution in [2.75, 3.05) is 0 Å². The minimum atomic E-state index is -0.617. The molecule has 5 nitrogen and oxygen atoms in total. The van der Waals surface area contributed by atoms with E-state index in [9.17, 15) is 4.39 Å². The van der Waals surface area contributed by atoms with Crippen LogP contribution in [0.5, 0.6) is 5.75 Å². The second kappa shape index (κ2) is 5.81. The predicted molar refractivity (Wildman–Crippen MR) is 67.5 cm³/mol. The zero-order chi connectivity index (χ0) is 13.7. The van der Waals surface area contributed by atoms with Crippen LogP contribution in [-0.4, -0.2) is 16.0 Å². The smallest absolute Gasteiger partial charge is 0.176 e. The van der Waals surface area contributed by atoms with Crippen molar-refractivity contribution in [1.82, 2.24) is 4.98 Å². The molecule has 0 aliphatic heterocycles. The lowest BCUT2D eigenvalue weighted by Crippen LogP contribution is -2.17. The molecule has 2 rings (SSSR count). The Morgan fingerprint density at radius 1 is 1.32 bits per heavy atom. The topological polar surface area (TPSA) is 80.7 Å². The highest BCUT2D eigenvalue weighted by atomic mass is 19.1. The van der Waals surface area contributed by atoms with E-state index in [2.05, 4.69) is 10.1 Å². The SMILES string of the molecule is N/C(=N\O)c1c(F)cccc1OCc1ccccn1. The summed E-state index contributed by atoms with van der Waals surface area (Å²) >= 11 is 0. The van der Waals surface area contributed by atoms with Crippen LogP contribution in [0, 0.1) is 5.82 Å². The van der Waals surface area contributed by atoms with Crippen molar-refractivity contribution in [2.45, 2.75) is 6.61 Å². The van der Waals surface area contributed by atoms with Gasteiger partial charge in [-0.1, -0.05) is 17.3 Å². The average Bonchev–Trinajstić information content (AvgIpc) is 2.45. The summed E-state index contributed by atoms with van der Waals surface area (Å²) in [4.78, 5) is 4.08. The number of ether oxygens (including phenoxy) is 1. The monoisotopic (exact) mass is 261 g/mol. The molecule has 0 atom stereocenters. The van der Waals surface area contributed by atoms with Crippen LogP contribution in [0.4, 0.5) is 4.39 Å². The summed E-state index contributed by atoms with van der Waals surface area (Å²) in [6.07, 6.45) is 1.63.